The first-order chi connectivity index (χ1) is 7.24. The molecule has 2 atom stereocenters. The Morgan fingerprint density at radius 1 is 1.33 bits per heavy atom. The lowest BCUT2D eigenvalue weighted by Crippen LogP contribution is -2.37. The van der Waals surface area contributed by atoms with Crippen LogP contribution < -0.4 is 5.32 Å². The molecule has 1 N–H and O–H groups in total. The third-order valence-corrected chi connectivity index (χ3v) is 3.65. The second-order valence-electron chi connectivity index (χ2n) is 5.11. The molecule has 0 heterocycles. The zero-order valence-corrected chi connectivity index (χ0v) is 10.8. The van der Waals surface area contributed by atoms with Crippen molar-refractivity contribution in [2.75, 3.05) is 26.7 Å². The van der Waals surface area contributed by atoms with E-state index in [0.29, 0.717) is 0 Å². The SMILES string of the molecule is CCNCCCN(C)C1CCCC(C)C1. The first kappa shape index (κ1) is 13.0. The predicted octanol–water partition coefficient (Wildman–Crippen LogP) is 2.50. The summed E-state index contributed by atoms with van der Waals surface area (Å²) in [6.07, 6.45) is 7.00. The second kappa shape index (κ2) is 7.24. The maximum Gasteiger partial charge on any atom is 0.00947 e. The van der Waals surface area contributed by atoms with Gasteiger partial charge in [0.05, 0.1) is 0 Å². The molecular formula is C13H28N2. The summed E-state index contributed by atoms with van der Waals surface area (Å²) in [5, 5.41) is 3.39. The normalized spacial score (nSPS) is 27.2. The fourth-order valence-corrected chi connectivity index (χ4v) is 2.62. The quantitative estimate of drug-likeness (QED) is 0.681. The van der Waals surface area contributed by atoms with Gasteiger partial charge in [-0.2, -0.15) is 0 Å². The van der Waals surface area contributed by atoms with Gasteiger partial charge >= 0.3 is 0 Å². The van der Waals surface area contributed by atoms with E-state index in [4.69, 9.17) is 0 Å². The molecule has 0 radical (unpaired) electrons. The van der Waals surface area contributed by atoms with Gasteiger partial charge in [-0.15, -0.1) is 0 Å². The van der Waals surface area contributed by atoms with Crippen molar-refractivity contribution >= 4 is 0 Å². The zero-order valence-electron chi connectivity index (χ0n) is 10.8. The zero-order chi connectivity index (χ0) is 11.1. The number of nitrogens with one attached hydrogen (secondary N) is 1. The Bertz CT molecular complexity index is 159. The van der Waals surface area contributed by atoms with E-state index in [9.17, 15) is 0 Å². The van der Waals surface area contributed by atoms with Crippen LogP contribution in [-0.2, 0) is 0 Å². The molecule has 0 spiro atoms. The van der Waals surface area contributed by atoms with Crippen molar-refractivity contribution in [3.63, 3.8) is 0 Å². The average molecular weight is 212 g/mol. The molecule has 0 aliphatic heterocycles. The Labute approximate surface area is 95.4 Å². The number of rotatable bonds is 6. The van der Waals surface area contributed by atoms with Crippen molar-refractivity contribution in [2.24, 2.45) is 5.92 Å². The molecule has 1 aliphatic carbocycles. The highest BCUT2D eigenvalue weighted by molar-refractivity contribution is 4.77. The van der Waals surface area contributed by atoms with Crippen LogP contribution in [0.1, 0.15) is 46.0 Å². The molecule has 0 aromatic carbocycles. The summed E-state index contributed by atoms with van der Waals surface area (Å²) in [5.74, 6) is 0.944. The molecular weight excluding hydrogens is 184 g/mol. The van der Waals surface area contributed by atoms with Gasteiger partial charge < -0.3 is 10.2 Å². The molecule has 15 heavy (non-hydrogen) atoms. The van der Waals surface area contributed by atoms with Gasteiger partial charge in [-0.3, -0.25) is 0 Å². The molecule has 0 amide bonds. The first-order valence-electron chi connectivity index (χ1n) is 6.65. The number of nitrogens with zero attached hydrogens (tertiary/aromatic N) is 1. The summed E-state index contributed by atoms with van der Waals surface area (Å²) < 4.78 is 0. The Kier molecular flexibility index (Phi) is 6.26. The van der Waals surface area contributed by atoms with Crippen molar-refractivity contribution in [3.05, 3.63) is 0 Å². The van der Waals surface area contributed by atoms with Crippen molar-refractivity contribution in [3.8, 4) is 0 Å². The lowest BCUT2D eigenvalue weighted by atomic mass is 9.86. The van der Waals surface area contributed by atoms with Gasteiger partial charge in [0, 0.05) is 6.04 Å². The molecule has 2 nitrogen and oxygen atoms in total. The Balaban J connectivity index is 2.12. The van der Waals surface area contributed by atoms with Crippen LogP contribution in [0.15, 0.2) is 0 Å². The molecule has 0 bridgehead atoms. The lowest BCUT2D eigenvalue weighted by molar-refractivity contribution is 0.162. The second-order valence-corrected chi connectivity index (χ2v) is 5.11. The van der Waals surface area contributed by atoms with Gasteiger partial charge in [-0.05, 0) is 51.9 Å². The minimum Gasteiger partial charge on any atom is -0.317 e. The summed E-state index contributed by atoms with van der Waals surface area (Å²) in [7, 11) is 2.30. The molecule has 0 aromatic rings. The van der Waals surface area contributed by atoms with Crippen LogP contribution in [0.4, 0.5) is 0 Å². The summed E-state index contributed by atoms with van der Waals surface area (Å²) >= 11 is 0. The maximum atomic E-state index is 3.39. The average Bonchev–Trinajstić information content (AvgIpc) is 2.24. The van der Waals surface area contributed by atoms with Gasteiger partial charge in [0.15, 0.2) is 0 Å². The van der Waals surface area contributed by atoms with E-state index in [0.717, 1.165) is 18.5 Å². The fraction of sp³-hybridized carbons (Fsp3) is 1.00. The van der Waals surface area contributed by atoms with Crippen LogP contribution in [0.3, 0.4) is 0 Å². The molecule has 1 saturated carbocycles. The van der Waals surface area contributed by atoms with Gasteiger partial charge in [-0.1, -0.05) is 26.7 Å². The summed E-state index contributed by atoms with van der Waals surface area (Å²) in [5.41, 5.74) is 0. The van der Waals surface area contributed by atoms with Gasteiger partial charge in [0.1, 0.15) is 0 Å². The summed E-state index contributed by atoms with van der Waals surface area (Å²) in [6, 6.07) is 0.857. The van der Waals surface area contributed by atoms with Crippen LogP contribution in [0.5, 0.6) is 0 Å². The van der Waals surface area contributed by atoms with E-state index in [-0.39, 0.29) is 0 Å². The molecule has 0 saturated heterocycles. The Hall–Kier alpha value is -0.0800. The van der Waals surface area contributed by atoms with Crippen LogP contribution in [-0.4, -0.2) is 37.6 Å². The molecule has 1 fully saturated rings. The molecule has 90 valence electrons. The molecule has 2 heteroatoms. The van der Waals surface area contributed by atoms with Crippen molar-refractivity contribution < 1.29 is 0 Å². The maximum absolute atomic E-state index is 3.39. The van der Waals surface area contributed by atoms with E-state index in [1.54, 1.807) is 0 Å². The van der Waals surface area contributed by atoms with Crippen LogP contribution in [0.25, 0.3) is 0 Å². The predicted molar refractivity (Wildman–Crippen MR) is 67.2 cm³/mol. The summed E-state index contributed by atoms with van der Waals surface area (Å²) in [4.78, 5) is 2.58. The highest BCUT2D eigenvalue weighted by Gasteiger charge is 2.21. The van der Waals surface area contributed by atoms with Crippen LogP contribution in [0, 0.1) is 5.92 Å². The first-order valence-corrected chi connectivity index (χ1v) is 6.65. The molecule has 1 rings (SSSR count). The highest BCUT2D eigenvalue weighted by atomic mass is 15.1. The fourth-order valence-electron chi connectivity index (χ4n) is 2.62. The number of hydrogen-bond acceptors (Lipinski definition) is 2. The lowest BCUT2D eigenvalue weighted by Gasteiger charge is -2.34. The van der Waals surface area contributed by atoms with Crippen molar-refractivity contribution in [2.45, 2.75) is 52.0 Å². The minimum absolute atomic E-state index is 0.857. The monoisotopic (exact) mass is 212 g/mol. The topological polar surface area (TPSA) is 15.3 Å². The van der Waals surface area contributed by atoms with E-state index in [1.165, 1.54) is 45.2 Å². The van der Waals surface area contributed by atoms with E-state index in [2.05, 4.69) is 31.1 Å². The van der Waals surface area contributed by atoms with Gasteiger partial charge in [0.2, 0.25) is 0 Å². The molecule has 0 aromatic heterocycles. The van der Waals surface area contributed by atoms with Gasteiger partial charge in [0.25, 0.3) is 0 Å². The summed E-state index contributed by atoms with van der Waals surface area (Å²) in [6.45, 7) is 8.10. The third kappa shape index (κ3) is 4.98. The largest absolute Gasteiger partial charge is 0.317 e. The van der Waals surface area contributed by atoms with E-state index in [1.807, 2.05) is 0 Å². The minimum atomic E-state index is 0.857. The Morgan fingerprint density at radius 3 is 2.80 bits per heavy atom. The van der Waals surface area contributed by atoms with Crippen molar-refractivity contribution in [1.29, 1.82) is 0 Å². The van der Waals surface area contributed by atoms with E-state index < -0.39 is 0 Å². The third-order valence-electron chi connectivity index (χ3n) is 3.65. The number of hydrogen-bond donors (Lipinski definition) is 1. The van der Waals surface area contributed by atoms with Crippen LogP contribution >= 0.6 is 0 Å². The standard InChI is InChI=1S/C13H28N2/c1-4-14-9-6-10-15(3)13-8-5-7-12(2)11-13/h12-14H,4-11H2,1-3H3. The van der Waals surface area contributed by atoms with Crippen LogP contribution in [0.2, 0.25) is 0 Å². The Morgan fingerprint density at radius 2 is 2.13 bits per heavy atom. The molecule has 1 aliphatic rings. The smallest absolute Gasteiger partial charge is 0.00947 e. The molecule has 2 unspecified atom stereocenters. The highest BCUT2D eigenvalue weighted by Crippen LogP contribution is 2.26. The van der Waals surface area contributed by atoms with Crippen molar-refractivity contribution in [1.82, 2.24) is 10.2 Å². The van der Waals surface area contributed by atoms with Gasteiger partial charge in [-0.25, -0.2) is 0 Å². The van der Waals surface area contributed by atoms with E-state index >= 15 is 0 Å².